The van der Waals surface area contributed by atoms with Crippen molar-refractivity contribution in [1.82, 2.24) is 10.3 Å². The molecule has 0 unspecified atom stereocenters. The lowest BCUT2D eigenvalue weighted by Crippen LogP contribution is -2.24. The Morgan fingerprint density at radius 3 is 2.67 bits per heavy atom. The average molecular weight is 324 g/mol. The number of nitrogens with zero attached hydrogens (tertiary/aromatic N) is 1. The summed E-state index contributed by atoms with van der Waals surface area (Å²) in [5.41, 5.74) is 3.51. The first-order chi connectivity index (χ1) is 11.6. The highest BCUT2D eigenvalue weighted by molar-refractivity contribution is 5.79. The molecular formula is C19H20N2O3. The molecule has 3 aromatic rings. The Kier molecular flexibility index (Phi) is 4.79. The number of ether oxygens (including phenoxy) is 1. The topological polar surface area (TPSA) is 64.4 Å². The molecule has 0 spiro atoms. The fraction of sp³-hybridized carbons (Fsp3) is 0.263. The van der Waals surface area contributed by atoms with E-state index in [4.69, 9.17) is 9.15 Å². The first-order valence-electron chi connectivity index (χ1n) is 7.98. The maximum atomic E-state index is 12.1. The zero-order chi connectivity index (χ0) is 16.9. The summed E-state index contributed by atoms with van der Waals surface area (Å²) in [7, 11) is 0. The molecule has 1 aromatic heterocycles. The molecule has 0 radical (unpaired) electrons. The summed E-state index contributed by atoms with van der Waals surface area (Å²) in [5.74, 6) is 1.44. The van der Waals surface area contributed by atoms with Gasteiger partial charge in [-0.15, -0.1) is 0 Å². The Morgan fingerprint density at radius 2 is 1.92 bits per heavy atom. The highest BCUT2D eigenvalue weighted by Crippen LogP contribution is 2.17. The standard InChI is InChI=1S/C19H20N2O3/c1-3-23-16-7-4-14(5-8-16)11-19(22)20-12-15-6-9-17-18(10-15)24-13(2)21-17/h4-10H,3,11-12H2,1-2H3,(H,20,22). The van der Waals surface area contributed by atoms with Gasteiger partial charge < -0.3 is 14.5 Å². The minimum absolute atomic E-state index is 0.0204. The van der Waals surface area contributed by atoms with E-state index in [2.05, 4.69) is 10.3 Å². The molecule has 3 rings (SSSR count). The lowest BCUT2D eigenvalue weighted by Gasteiger charge is -2.07. The van der Waals surface area contributed by atoms with Crippen molar-refractivity contribution in [2.24, 2.45) is 0 Å². The molecular weight excluding hydrogens is 304 g/mol. The van der Waals surface area contributed by atoms with Crippen LogP contribution in [0.15, 0.2) is 46.9 Å². The second kappa shape index (κ2) is 7.17. The van der Waals surface area contributed by atoms with Gasteiger partial charge in [-0.2, -0.15) is 0 Å². The number of carbonyl (C=O) groups excluding carboxylic acids is 1. The Labute approximate surface area is 140 Å². The molecule has 24 heavy (non-hydrogen) atoms. The fourth-order valence-corrected chi connectivity index (χ4v) is 2.51. The number of aromatic nitrogens is 1. The van der Waals surface area contributed by atoms with E-state index in [0.29, 0.717) is 25.5 Å². The van der Waals surface area contributed by atoms with Crippen molar-refractivity contribution in [3.63, 3.8) is 0 Å². The van der Waals surface area contributed by atoms with Crippen LogP contribution in [0.5, 0.6) is 5.75 Å². The van der Waals surface area contributed by atoms with Gasteiger partial charge in [0.15, 0.2) is 11.5 Å². The highest BCUT2D eigenvalue weighted by atomic mass is 16.5. The molecule has 1 N–H and O–H groups in total. The predicted octanol–water partition coefficient (Wildman–Crippen LogP) is 3.39. The molecule has 0 aliphatic carbocycles. The number of carbonyl (C=O) groups is 1. The summed E-state index contributed by atoms with van der Waals surface area (Å²) in [6, 6.07) is 13.3. The Bertz CT molecular complexity index is 837. The SMILES string of the molecule is CCOc1ccc(CC(=O)NCc2ccc3nc(C)oc3c2)cc1. The zero-order valence-corrected chi connectivity index (χ0v) is 13.8. The lowest BCUT2D eigenvalue weighted by atomic mass is 10.1. The fourth-order valence-electron chi connectivity index (χ4n) is 2.51. The van der Waals surface area contributed by atoms with Crippen LogP contribution in [0.25, 0.3) is 11.1 Å². The van der Waals surface area contributed by atoms with Crippen LogP contribution >= 0.6 is 0 Å². The number of oxazole rings is 1. The van der Waals surface area contributed by atoms with Crippen LogP contribution in [0.4, 0.5) is 0 Å². The molecule has 0 bridgehead atoms. The molecule has 0 saturated carbocycles. The zero-order valence-electron chi connectivity index (χ0n) is 13.8. The van der Waals surface area contributed by atoms with Crippen molar-refractivity contribution in [3.8, 4) is 5.75 Å². The van der Waals surface area contributed by atoms with E-state index in [1.807, 2.05) is 56.3 Å². The minimum atomic E-state index is -0.0204. The summed E-state index contributed by atoms with van der Waals surface area (Å²) >= 11 is 0. The van der Waals surface area contributed by atoms with Gasteiger partial charge in [-0.05, 0) is 42.3 Å². The highest BCUT2D eigenvalue weighted by Gasteiger charge is 2.06. The van der Waals surface area contributed by atoms with Gasteiger partial charge >= 0.3 is 0 Å². The smallest absolute Gasteiger partial charge is 0.224 e. The Morgan fingerprint density at radius 1 is 1.17 bits per heavy atom. The van der Waals surface area contributed by atoms with Crippen LogP contribution in [-0.2, 0) is 17.8 Å². The normalized spacial score (nSPS) is 10.8. The third-order valence-electron chi connectivity index (χ3n) is 3.65. The quantitative estimate of drug-likeness (QED) is 0.755. The molecule has 5 heteroatoms. The van der Waals surface area contributed by atoms with Gasteiger partial charge in [0.1, 0.15) is 11.3 Å². The van der Waals surface area contributed by atoms with Crippen molar-refractivity contribution in [2.75, 3.05) is 6.61 Å². The van der Waals surface area contributed by atoms with Crippen molar-refractivity contribution in [1.29, 1.82) is 0 Å². The second-order valence-corrected chi connectivity index (χ2v) is 5.57. The molecule has 124 valence electrons. The monoisotopic (exact) mass is 324 g/mol. The van der Waals surface area contributed by atoms with E-state index in [9.17, 15) is 4.79 Å². The van der Waals surface area contributed by atoms with Crippen molar-refractivity contribution >= 4 is 17.0 Å². The molecule has 0 aliphatic heterocycles. The molecule has 0 atom stereocenters. The van der Waals surface area contributed by atoms with E-state index in [1.165, 1.54) is 0 Å². The van der Waals surface area contributed by atoms with Crippen molar-refractivity contribution < 1.29 is 13.9 Å². The molecule has 1 heterocycles. The summed E-state index contributed by atoms with van der Waals surface area (Å²) in [4.78, 5) is 16.3. The summed E-state index contributed by atoms with van der Waals surface area (Å²) in [6.45, 7) is 4.86. The molecule has 0 saturated heterocycles. The first kappa shape index (κ1) is 16.1. The van der Waals surface area contributed by atoms with E-state index in [1.54, 1.807) is 0 Å². The predicted molar refractivity (Wildman–Crippen MR) is 91.9 cm³/mol. The molecule has 1 amide bonds. The number of nitrogens with one attached hydrogen (secondary N) is 1. The maximum absolute atomic E-state index is 12.1. The van der Waals surface area contributed by atoms with Gasteiger partial charge in [-0.3, -0.25) is 4.79 Å². The van der Waals surface area contributed by atoms with Gasteiger partial charge in [-0.1, -0.05) is 18.2 Å². The number of hydrogen-bond donors (Lipinski definition) is 1. The van der Waals surface area contributed by atoms with Gasteiger partial charge in [0.2, 0.25) is 5.91 Å². The van der Waals surface area contributed by atoms with Crippen LogP contribution in [0, 0.1) is 6.92 Å². The number of amides is 1. The summed E-state index contributed by atoms with van der Waals surface area (Å²) < 4.78 is 10.9. The minimum Gasteiger partial charge on any atom is -0.494 e. The van der Waals surface area contributed by atoms with Crippen LogP contribution in [0.3, 0.4) is 0 Å². The lowest BCUT2D eigenvalue weighted by molar-refractivity contribution is -0.120. The van der Waals surface area contributed by atoms with E-state index in [0.717, 1.165) is 28.0 Å². The van der Waals surface area contributed by atoms with Gasteiger partial charge in [-0.25, -0.2) is 4.98 Å². The number of aryl methyl sites for hydroxylation is 1. The third-order valence-corrected chi connectivity index (χ3v) is 3.65. The number of rotatable bonds is 6. The van der Waals surface area contributed by atoms with Crippen LogP contribution < -0.4 is 10.1 Å². The van der Waals surface area contributed by atoms with Gasteiger partial charge in [0, 0.05) is 13.5 Å². The Hall–Kier alpha value is -2.82. The molecule has 0 fully saturated rings. The van der Waals surface area contributed by atoms with E-state index < -0.39 is 0 Å². The van der Waals surface area contributed by atoms with E-state index >= 15 is 0 Å². The summed E-state index contributed by atoms with van der Waals surface area (Å²) in [6.07, 6.45) is 0.343. The number of hydrogen-bond acceptors (Lipinski definition) is 4. The van der Waals surface area contributed by atoms with E-state index in [-0.39, 0.29) is 5.91 Å². The second-order valence-electron chi connectivity index (χ2n) is 5.57. The van der Waals surface area contributed by atoms with Crippen molar-refractivity contribution in [3.05, 3.63) is 59.5 Å². The molecule has 5 nitrogen and oxygen atoms in total. The number of fused-ring (bicyclic) bond motifs is 1. The Balaban J connectivity index is 1.55. The van der Waals surface area contributed by atoms with Crippen molar-refractivity contribution in [2.45, 2.75) is 26.8 Å². The van der Waals surface area contributed by atoms with Crippen LogP contribution in [-0.4, -0.2) is 17.5 Å². The van der Waals surface area contributed by atoms with Crippen LogP contribution in [0.2, 0.25) is 0 Å². The largest absolute Gasteiger partial charge is 0.494 e. The average Bonchev–Trinajstić information content (AvgIpc) is 2.94. The van der Waals surface area contributed by atoms with Gasteiger partial charge in [0.05, 0.1) is 13.0 Å². The maximum Gasteiger partial charge on any atom is 0.224 e. The summed E-state index contributed by atoms with van der Waals surface area (Å²) in [5, 5.41) is 2.93. The third kappa shape index (κ3) is 3.93. The van der Waals surface area contributed by atoms with Crippen LogP contribution in [0.1, 0.15) is 23.9 Å². The number of benzene rings is 2. The van der Waals surface area contributed by atoms with Gasteiger partial charge in [0.25, 0.3) is 0 Å². The first-order valence-corrected chi connectivity index (χ1v) is 7.98. The molecule has 0 aliphatic rings. The molecule has 2 aromatic carbocycles.